The van der Waals surface area contributed by atoms with E-state index in [9.17, 15) is 12.3 Å². The van der Waals surface area contributed by atoms with Crippen LogP contribution in [0.5, 0.6) is 0 Å². The second-order valence-electron chi connectivity index (χ2n) is 2.81. The summed E-state index contributed by atoms with van der Waals surface area (Å²) in [6, 6.07) is 2.43. The van der Waals surface area contributed by atoms with Gasteiger partial charge in [0.1, 0.15) is 0 Å². The minimum atomic E-state index is -4.62. The minimum absolute atomic E-state index is 0.341. The Labute approximate surface area is 81.6 Å². The fourth-order valence-electron chi connectivity index (χ4n) is 1.05. The molecule has 0 aromatic heterocycles. The van der Waals surface area contributed by atoms with Gasteiger partial charge in [0.2, 0.25) is 0 Å². The highest BCUT2D eigenvalue weighted by molar-refractivity contribution is 7.86. The Balaban J connectivity index is 3.47. The first-order valence-electron chi connectivity index (χ1n) is 3.54. The highest BCUT2D eigenvalue weighted by atomic mass is 35.5. The van der Waals surface area contributed by atoms with Crippen LogP contribution in [0.1, 0.15) is 11.1 Å². The average Bonchev–Trinajstić information content (AvgIpc) is 1.97. The second-order valence-corrected chi connectivity index (χ2v) is 4.53. The van der Waals surface area contributed by atoms with Gasteiger partial charge >= 0.3 is 10.2 Å². The molecule has 1 aromatic rings. The smallest absolute Gasteiger partial charge is 0.189 e. The van der Waals surface area contributed by atoms with E-state index < -0.39 is 10.2 Å². The summed E-state index contributed by atoms with van der Waals surface area (Å²) in [6.07, 6.45) is 0. The van der Waals surface area contributed by atoms with Crippen LogP contribution in [0.15, 0.2) is 17.0 Å². The van der Waals surface area contributed by atoms with Crippen LogP contribution in [0, 0.1) is 13.8 Å². The first kappa shape index (κ1) is 10.5. The largest absolute Gasteiger partial charge is 0.332 e. The van der Waals surface area contributed by atoms with Crippen molar-refractivity contribution in [2.75, 3.05) is 0 Å². The van der Waals surface area contributed by atoms with Crippen LogP contribution in [-0.2, 0) is 10.2 Å². The number of hydrogen-bond donors (Lipinski definition) is 0. The maximum atomic E-state index is 12.5. The van der Waals surface area contributed by atoms with Gasteiger partial charge in [-0.3, -0.25) is 0 Å². The Kier molecular flexibility index (Phi) is 2.63. The minimum Gasteiger partial charge on any atom is -0.189 e. The molecule has 2 nitrogen and oxygen atoms in total. The molecule has 0 radical (unpaired) electrons. The zero-order chi connectivity index (χ0) is 10.2. The van der Waals surface area contributed by atoms with Gasteiger partial charge in [-0.15, -0.1) is 3.89 Å². The molecule has 1 aromatic carbocycles. The first-order chi connectivity index (χ1) is 5.82. The van der Waals surface area contributed by atoms with E-state index in [2.05, 4.69) is 0 Å². The van der Waals surface area contributed by atoms with Gasteiger partial charge in [-0.1, -0.05) is 11.6 Å². The summed E-state index contributed by atoms with van der Waals surface area (Å²) in [4.78, 5) is -0.341. The van der Waals surface area contributed by atoms with Crippen molar-refractivity contribution < 1.29 is 12.3 Å². The summed E-state index contributed by atoms with van der Waals surface area (Å²) in [6.45, 7) is 3.26. The number of aryl methyl sites for hydroxylation is 2. The lowest BCUT2D eigenvalue weighted by Gasteiger charge is -2.03. The van der Waals surface area contributed by atoms with Crippen LogP contribution in [0.4, 0.5) is 3.89 Å². The third-order valence-corrected chi connectivity index (χ3v) is 3.09. The Hall–Kier alpha value is -0.610. The van der Waals surface area contributed by atoms with E-state index in [1.165, 1.54) is 12.1 Å². The average molecular weight is 223 g/mol. The molecule has 0 spiro atoms. The summed E-state index contributed by atoms with van der Waals surface area (Å²) >= 11 is 5.78. The van der Waals surface area contributed by atoms with E-state index >= 15 is 0 Å². The molecule has 0 amide bonds. The van der Waals surface area contributed by atoms with Gasteiger partial charge in [-0.05, 0) is 37.1 Å². The lowest BCUT2D eigenvalue weighted by Crippen LogP contribution is -1.94. The van der Waals surface area contributed by atoms with E-state index in [-0.39, 0.29) is 4.90 Å². The van der Waals surface area contributed by atoms with E-state index in [4.69, 9.17) is 11.6 Å². The van der Waals surface area contributed by atoms with Gasteiger partial charge in [0.25, 0.3) is 0 Å². The molecule has 1 rings (SSSR count). The Morgan fingerprint density at radius 2 is 1.62 bits per heavy atom. The van der Waals surface area contributed by atoms with Crippen molar-refractivity contribution in [2.45, 2.75) is 18.7 Å². The molecule has 0 aliphatic heterocycles. The topological polar surface area (TPSA) is 34.1 Å². The molecular weight excluding hydrogens is 215 g/mol. The van der Waals surface area contributed by atoms with Crippen molar-refractivity contribution in [3.8, 4) is 0 Å². The van der Waals surface area contributed by atoms with Gasteiger partial charge in [-0.25, -0.2) is 0 Å². The van der Waals surface area contributed by atoms with Gasteiger partial charge in [-0.2, -0.15) is 8.42 Å². The van der Waals surface area contributed by atoms with Crippen LogP contribution in [-0.4, -0.2) is 8.42 Å². The lowest BCUT2D eigenvalue weighted by molar-refractivity contribution is 0.552. The quantitative estimate of drug-likeness (QED) is 0.685. The van der Waals surface area contributed by atoms with Crippen LogP contribution < -0.4 is 0 Å². The number of benzene rings is 1. The highest BCUT2D eigenvalue weighted by Crippen LogP contribution is 2.24. The number of hydrogen-bond acceptors (Lipinski definition) is 2. The van der Waals surface area contributed by atoms with Crippen LogP contribution >= 0.6 is 11.6 Å². The fraction of sp³-hybridized carbons (Fsp3) is 0.250. The molecule has 0 aliphatic carbocycles. The summed E-state index contributed by atoms with van der Waals surface area (Å²) in [5.41, 5.74) is 1.11. The molecule has 0 saturated carbocycles. The maximum absolute atomic E-state index is 12.5. The highest BCUT2D eigenvalue weighted by Gasteiger charge is 2.14. The van der Waals surface area contributed by atoms with E-state index in [0.29, 0.717) is 16.1 Å². The summed E-state index contributed by atoms with van der Waals surface area (Å²) < 4.78 is 33.6. The van der Waals surface area contributed by atoms with Crippen molar-refractivity contribution in [1.82, 2.24) is 0 Å². The zero-order valence-corrected chi connectivity index (χ0v) is 8.71. The Bertz CT molecular complexity index is 416. The van der Waals surface area contributed by atoms with E-state index in [0.717, 1.165) is 0 Å². The summed E-state index contributed by atoms with van der Waals surface area (Å²) in [7, 11) is -4.62. The van der Waals surface area contributed by atoms with E-state index in [1.807, 2.05) is 0 Å². The molecule has 0 bridgehead atoms. The lowest BCUT2D eigenvalue weighted by atomic mass is 10.2. The summed E-state index contributed by atoms with van der Waals surface area (Å²) in [5.74, 6) is 0. The van der Waals surface area contributed by atoms with Crippen molar-refractivity contribution in [2.24, 2.45) is 0 Å². The van der Waals surface area contributed by atoms with Crippen molar-refractivity contribution in [3.63, 3.8) is 0 Å². The third kappa shape index (κ3) is 2.19. The van der Waals surface area contributed by atoms with Crippen molar-refractivity contribution >= 4 is 21.8 Å². The number of rotatable bonds is 1. The molecule has 0 fully saturated rings. The number of halogens is 2. The molecule has 0 N–H and O–H groups in total. The fourth-order valence-corrected chi connectivity index (χ4v) is 1.79. The van der Waals surface area contributed by atoms with Gasteiger partial charge in [0, 0.05) is 5.02 Å². The second kappa shape index (κ2) is 3.27. The van der Waals surface area contributed by atoms with Crippen LogP contribution in [0.25, 0.3) is 0 Å². The van der Waals surface area contributed by atoms with Gasteiger partial charge < -0.3 is 0 Å². The molecular formula is C8H8ClFO2S. The predicted octanol–water partition coefficient (Wildman–Crippen LogP) is 2.62. The van der Waals surface area contributed by atoms with Gasteiger partial charge in [0.15, 0.2) is 0 Å². The monoisotopic (exact) mass is 222 g/mol. The molecule has 0 heterocycles. The first-order valence-corrected chi connectivity index (χ1v) is 5.30. The molecule has 5 heteroatoms. The van der Waals surface area contributed by atoms with Crippen molar-refractivity contribution in [1.29, 1.82) is 0 Å². The molecule has 0 unspecified atom stereocenters. The Morgan fingerprint density at radius 1 is 1.23 bits per heavy atom. The zero-order valence-electron chi connectivity index (χ0n) is 7.14. The standard InChI is InChI=1S/C8H8ClFO2S/c1-5-3-7(13(10,11)12)4-6(2)8(5)9/h3-4H,1-2H3. The molecule has 72 valence electrons. The third-order valence-electron chi connectivity index (χ3n) is 1.69. The van der Waals surface area contributed by atoms with Crippen LogP contribution in [0.2, 0.25) is 5.02 Å². The van der Waals surface area contributed by atoms with E-state index in [1.54, 1.807) is 13.8 Å². The van der Waals surface area contributed by atoms with Crippen LogP contribution in [0.3, 0.4) is 0 Å². The predicted molar refractivity (Wildman–Crippen MR) is 49.2 cm³/mol. The van der Waals surface area contributed by atoms with Gasteiger partial charge in [0.05, 0.1) is 4.90 Å². The molecule has 0 atom stereocenters. The normalized spacial score (nSPS) is 11.7. The SMILES string of the molecule is Cc1cc(S(=O)(=O)F)cc(C)c1Cl. The molecule has 0 aliphatic rings. The summed E-state index contributed by atoms with van der Waals surface area (Å²) in [5, 5.41) is 0.465. The molecule has 0 saturated heterocycles. The molecule has 13 heavy (non-hydrogen) atoms. The maximum Gasteiger partial charge on any atom is 0.332 e. The van der Waals surface area contributed by atoms with Crippen molar-refractivity contribution in [3.05, 3.63) is 28.3 Å². The Morgan fingerprint density at radius 3 is 1.92 bits per heavy atom.